The summed E-state index contributed by atoms with van der Waals surface area (Å²) < 4.78 is 140. The van der Waals surface area contributed by atoms with Crippen molar-refractivity contribution in [2.75, 3.05) is 21.5 Å². The summed E-state index contributed by atoms with van der Waals surface area (Å²) in [5, 5.41) is 81.2. The highest BCUT2D eigenvalue weighted by Gasteiger charge is 2.29. The molecule has 1 aliphatic carbocycles. The average Bonchev–Trinajstić information content (AvgIpc) is 0.760. The number of hydrogen-bond acceptors (Lipinski definition) is 30. The summed E-state index contributed by atoms with van der Waals surface area (Å²) in [6, 6.07) is 11.5. The fourth-order valence-corrected chi connectivity index (χ4v) is 10.8. The normalized spacial score (nSPS) is 13.8. The van der Waals surface area contributed by atoms with Gasteiger partial charge in [0, 0.05) is 21.9 Å². The third-order valence-electron chi connectivity index (χ3n) is 12.4. The minimum atomic E-state index is -5.35. The van der Waals surface area contributed by atoms with Crippen LogP contribution >= 0.6 is 0 Å². The van der Waals surface area contributed by atoms with Gasteiger partial charge in [0.05, 0.1) is 38.0 Å². The lowest BCUT2D eigenvalue weighted by Crippen LogP contribution is -2.31. The van der Waals surface area contributed by atoms with Crippen LogP contribution in [0.4, 0.5) is 52.2 Å². The molecule has 0 saturated carbocycles. The number of phenols is 2. The van der Waals surface area contributed by atoms with E-state index in [4.69, 9.17) is 0 Å². The summed E-state index contributed by atoms with van der Waals surface area (Å²) in [5.41, 5.74) is 4.23. The van der Waals surface area contributed by atoms with Crippen molar-refractivity contribution >= 4 is 138 Å². The highest BCUT2D eigenvalue weighted by atomic mass is 32.2. The van der Waals surface area contributed by atoms with E-state index in [0.29, 0.717) is 42.8 Å². The van der Waals surface area contributed by atoms with Crippen LogP contribution in [0.1, 0.15) is 44.4 Å². The van der Waals surface area contributed by atoms with E-state index in [1.165, 1.54) is 30.4 Å². The van der Waals surface area contributed by atoms with E-state index in [1.807, 2.05) is 0 Å². The van der Waals surface area contributed by atoms with E-state index in [-0.39, 0.29) is 34.0 Å². The van der Waals surface area contributed by atoms with E-state index < -0.39 is 181 Å². The third kappa shape index (κ3) is 14.4. The first-order valence-corrected chi connectivity index (χ1v) is 30.4. The van der Waals surface area contributed by atoms with Gasteiger partial charge in [-0.25, -0.2) is 9.59 Å². The number of allylic oxidation sites excluding steroid dienone is 2. The van der Waals surface area contributed by atoms with Crippen molar-refractivity contribution in [1.82, 2.24) is 40.8 Å². The van der Waals surface area contributed by atoms with Crippen LogP contribution in [0.25, 0.3) is 21.5 Å². The number of hydrazine groups is 2. The number of carbonyl (C=O) groups is 4. The molecule has 8 aromatic rings. The molecule has 2 heterocycles. The molecule has 2 aromatic heterocycles. The van der Waals surface area contributed by atoms with Crippen LogP contribution in [0, 0.1) is 5.92 Å². The Morgan fingerprint density at radius 2 is 0.945 bits per heavy atom. The first-order valence-electron chi connectivity index (χ1n) is 24.7. The molecule has 38 nitrogen and oxygen atoms in total. The number of fused-ring (bicyclic) bond motifs is 2. The van der Waals surface area contributed by atoms with Gasteiger partial charge in [-0.2, -0.15) is 63.6 Å². The Morgan fingerprint density at radius 3 is 1.36 bits per heavy atom. The third-order valence-corrected chi connectivity index (χ3v) is 15.8. The lowest BCUT2D eigenvalue weighted by molar-refractivity contribution is -0.132. The number of rotatable bonds is 20. The lowest BCUT2D eigenvalue weighted by Gasteiger charge is -2.16. The molecule has 0 fully saturated rings. The quantitative estimate of drug-likeness (QED) is 0.0261. The van der Waals surface area contributed by atoms with Gasteiger partial charge in [-0.1, -0.05) is 31.2 Å². The summed E-state index contributed by atoms with van der Waals surface area (Å²) in [6.45, 7) is 1.70. The molecule has 0 radical (unpaired) electrons. The van der Waals surface area contributed by atoms with Gasteiger partial charge in [-0.05, 0) is 95.9 Å². The van der Waals surface area contributed by atoms with Crippen LogP contribution in [0.5, 0.6) is 23.5 Å². The van der Waals surface area contributed by atoms with Gasteiger partial charge in [-0.15, -0.1) is 20.5 Å². The number of aliphatic carboxylic acids is 1. The molecule has 470 valence electrons. The number of amides is 2. The monoisotopic (exact) mass is 1330 g/mol. The summed E-state index contributed by atoms with van der Waals surface area (Å²) in [6.07, 6.45) is 3.01. The van der Waals surface area contributed by atoms with Crippen molar-refractivity contribution in [2.24, 2.45) is 26.4 Å². The number of carboxylic acid groups (broad SMARTS) is 2. The molecule has 42 heteroatoms. The Balaban J connectivity index is 0.915. The first-order chi connectivity index (χ1) is 42.6. The Morgan fingerprint density at radius 1 is 0.516 bits per heavy atom. The number of benzene rings is 6. The highest BCUT2D eigenvalue weighted by molar-refractivity contribution is 7.86. The van der Waals surface area contributed by atoms with E-state index in [9.17, 15) is 102 Å². The van der Waals surface area contributed by atoms with Gasteiger partial charge in [-0.3, -0.25) is 49.5 Å². The second-order valence-electron chi connectivity index (χ2n) is 18.6. The number of aromatic nitrogens is 6. The predicted molar refractivity (Wildman–Crippen MR) is 308 cm³/mol. The molecule has 16 N–H and O–H groups in total. The topological polar surface area (TPSA) is 606 Å². The van der Waals surface area contributed by atoms with Crippen LogP contribution in [0.15, 0.2) is 148 Å². The van der Waals surface area contributed by atoms with Crippen molar-refractivity contribution in [3.8, 4) is 23.5 Å². The van der Waals surface area contributed by atoms with Gasteiger partial charge in [0.15, 0.2) is 11.5 Å². The molecule has 0 aliphatic heterocycles. The number of phenolic OH excluding ortho intramolecular Hbond substituents is 2. The molecule has 6 aromatic carbocycles. The number of carboxylic acids is 2. The number of carbonyl (C=O) groups excluding carboxylic acids is 2. The number of aromatic hydroxyl groups is 4. The first kappa shape index (κ1) is 63.9. The van der Waals surface area contributed by atoms with Crippen molar-refractivity contribution < 1.29 is 102 Å². The standard InChI is InChI=1S/C49H38N16O22S4/c1-19-6-11-27(43(72)73)29(12-19)59-61-37-33(91(85,86)87)16-23-14-25(89(79,80)81)18-31(35(23)39(37)67)51-45-53-47(57-49(75)55-45)65-63-41(69)21-9-7-20(8-10-21)40(68)62-64-46-52-44(54-48(74)56-46)50-30-17-24(88(76,77)78)13-22-15-32(90(82,83)84)36(38(66)34(22)30)60-58-28-5-3-2-4-26(28)42(70)71/h2-5,7-19,66-67H,6H2,1H3,(H,62,68)(H,63,69)(H,70,71)(H,72,73)(H,76,77,78)(H,79,80,81)(H,82,83,84)(H,85,86,87)(H3,50,52,54,56,64,74)(H3,51,53,55,57,65,75). The lowest BCUT2D eigenvalue weighted by atomic mass is 9.96. The second-order valence-corrected chi connectivity index (χ2v) is 24.3. The zero-order chi connectivity index (χ0) is 66.2. The Bertz CT molecular complexity index is 5060. The Hall–Kier alpha value is -11.5. The number of hydrogen-bond donors (Lipinski definition) is 16. The number of aromatic carboxylic acids is 1. The largest absolute Gasteiger partial charge is 0.505 e. The van der Waals surface area contributed by atoms with Crippen LogP contribution in [0.3, 0.4) is 0 Å². The van der Waals surface area contributed by atoms with Gasteiger partial charge in [0.2, 0.25) is 23.8 Å². The van der Waals surface area contributed by atoms with Gasteiger partial charge in [0.1, 0.15) is 26.9 Å². The minimum absolute atomic E-state index is 0.151. The van der Waals surface area contributed by atoms with Crippen molar-refractivity contribution in [3.05, 3.63) is 125 Å². The maximum absolute atomic E-state index is 13.3. The molecule has 0 bridgehead atoms. The smallest absolute Gasteiger partial charge is 0.337 e. The zero-order valence-electron chi connectivity index (χ0n) is 45.0. The second kappa shape index (κ2) is 24.6. The highest BCUT2D eigenvalue weighted by Crippen LogP contribution is 2.48. The zero-order valence-corrected chi connectivity index (χ0v) is 48.3. The molecular weight excluding hydrogens is 1290 g/mol. The summed E-state index contributed by atoms with van der Waals surface area (Å²) in [7, 11) is -21.0. The summed E-state index contributed by atoms with van der Waals surface area (Å²) >= 11 is 0. The molecule has 1 atom stereocenters. The Labute approximate surface area is 507 Å². The van der Waals surface area contributed by atoms with E-state index in [0.717, 1.165) is 30.3 Å². The van der Waals surface area contributed by atoms with Crippen molar-refractivity contribution in [3.63, 3.8) is 0 Å². The molecular formula is C49H38N16O22S4. The predicted octanol–water partition coefficient (Wildman–Crippen LogP) is 5.31. The Kier molecular flexibility index (Phi) is 17.3. The summed E-state index contributed by atoms with van der Waals surface area (Å²) in [5.74, 6) is -9.92. The summed E-state index contributed by atoms with van der Waals surface area (Å²) in [4.78, 5) is 68.5. The van der Waals surface area contributed by atoms with Crippen molar-refractivity contribution in [2.45, 2.75) is 32.9 Å². The number of anilines is 6. The van der Waals surface area contributed by atoms with Gasteiger partial charge < -0.3 is 41.3 Å². The van der Waals surface area contributed by atoms with Crippen LogP contribution in [-0.2, 0) is 45.3 Å². The van der Waals surface area contributed by atoms with Gasteiger partial charge in [0.25, 0.3) is 52.3 Å². The van der Waals surface area contributed by atoms with Crippen LogP contribution < -0.4 is 32.3 Å². The SMILES string of the molecule is CC1C=C(N=Nc2c(S(=O)(=O)O)cc3cc(S(=O)(=O)O)cc(Nc4nc(O)nc(NNC(=O)c5ccc(C(=O)NNc6nc(O)nc(Nc7cc(S(=O)(=O)O)cc8cc(S(=O)(=O)O)c(N=Nc9ccccc9C(=O)O)c(O)c78)n6)cc5)n4)c3c2O)C(C(=O)O)=CC1. The van der Waals surface area contributed by atoms with Gasteiger partial charge >= 0.3 is 24.0 Å². The molecule has 2 amide bonds. The maximum atomic E-state index is 13.3. The van der Waals surface area contributed by atoms with E-state index >= 15 is 0 Å². The number of nitrogens with one attached hydrogen (secondary N) is 6. The average molecular weight is 1330 g/mol. The number of nitrogens with zero attached hydrogens (tertiary/aromatic N) is 10. The fraction of sp³-hybridized carbons (Fsp3) is 0.0612. The minimum Gasteiger partial charge on any atom is -0.505 e. The molecule has 1 aliphatic rings. The maximum Gasteiger partial charge on any atom is 0.337 e. The van der Waals surface area contributed by atoms with Crippen LogP contribution in [-0.4, -0.2) is 136 Å². The molecule has 91 heavy (non-hydrogen) atoms. The molecule has 0 saturated heterocycles. The molecule has 0 spiro atoms. The number of azo groups is 2. The van der Waals surface area contributed by atoms with E-state index in [2.05, 4.69) is 82.7 Å². The molecule has 1 unspecified atom stereocenters. The fourth-order valence-electron chi connectivity index (χ4n) is 8.41. The van der Waals surface area contributed by atoms with Crippen LogP contribution in [0.2, 0.25) is 0 Å². The van der Waals surface area contributed by atoms with E-state index in [1.54, 1.807) is 6.92 Å². The van der Waals surface area contributed by atoms with Crippen molar-refractivity contribution in [1.29, 1.82) is 0 Å². The molecule has 9 rings (SSSR count).